The Morgan fingerprint density at radius 1 is 1.47 bits per heavy atom. The smallest absolute Gasteiger partial charge is 0.330 e. The molecule has 0 radical (unpaired) electrons. The molecule has 0 unspecified atom stereocenters. The average Bonchev–Trinajstić information content (AvgIpc) is 2.24. The number of nitrogens with zero attached hydrogens (tertiary/aromatic N) is 1. The lowest BCUT2D eigenvalue weighted by atomic mass is 10.2. The zero-order chi connectivity index (χ0) is 13.0. The molecule has 0 spiro atoms. The van der Waals surface area contributed by atoms with Crippen LogP contribution in [0.25, 0.3) is 0 Å². The second-order valence-electron chi connectivity index (χ2n) is 3.71. The third-order valence-corrected chi connectivity index (χ3v) is 2.33. The summed E-state index contributed by atoms with van der Waals surface area (Å²) in [7, 11) is 0. The number of H-pyrrole nitrogens is 1. The molecule has 17 heavy (non-hydrogen) atoms. The number of aromatic nitrogens is 2. The summed E-state index contributed by atoms with van der Waals surface area (Å²) in [5, 5.41) is 18.3. The molecule has 0 saturated heterocycles. The first-order valence-electron chi connectivity index (χ1n) is 5.21. The number of rotatable bonds is 5. The highest BCUT2D eigenvalue weighted by atomic mass is 16.5. The Balaban J connectivity index is 2.86. The Morgan fingerprint density at radius 2 is 2.12 bits per heavy atom. The van der Waals surface area contributed by atoms with Crippen molar-refractivity contribution >= 4 is 0 Å². The molecule has 1 heterocycles. The average molecular weight is 244 g/mol. The van der Waals surface area contributed by atoms with Gasteiger partial charge in [0.2, 0.25) is 0 Å². The molecule has 96 valence electrons. The van der Waals surface area contributed by atoms with Crippen molar-refractivity contribution in [1.82, 2.24) is 9.55 Å². The first-order chi connectivity index (χ1) is 7.95. The standard InChI is InChI=1S/C10H16N2O5/c1-6(14)8(5-13)17-7(2)12-4-3-9(15)11-10(12)16/h3-4,6-8,13-14H,5H2,1-2H3,(H,11,15,16)/t6-,7+,8+/m0/s1. The van der Waals surface area contributed by atoms with Crippen molar-refractivity contribution in [3.63, 3.8) is 0 Å². The minimum atomic E-state index is -0.860. The number of nitrogens with one attached hydrogen (secondary N) is 1. The Kier molecular flexibility index (Phi) is 4.62. The molecule has 7 heteroatoms. The topological polar surface area (TPSA) is 105 Å². The third-order valence-electron chi connectivity index (χ3n) is 2.33. The molecule has 0 amide bonds. The van der Waals surface area contributed by atoms with E-state index in [1.54, 1.807) is 6.92 Å². The fraction of sp³-hybridized carbons (Fsp3) is 0.600. The van der Waals surface area contributed by atoms with Gasteiger partial charge in [0.1, 0.15) is 12.3 Å². The quantitative estimate of drug-likeness (QED) is 0.604. The molecule has 1 aromatic rings. The number of hydrogen-bond donors (Lipinski definition) is 3. The molecular weight excluding hydrogens is 228 g/mol. The second kappa shape index (κ2) is 5.76. The Hall–Kier alpha value is -1.44. The van der Waals surface area contributed by atoms with Crippen LogP contribution in [0.4, 0.5) is 0 Å². The lowest BCUT2D eigenvalue weighted by Crippen LogP contribution is -2.37. The van der Waals surface area contributed by atoms with Crippen molar-refractivity contribution in [3.05, 3.63) is 33.1 Å². The van der Waals surface area contributed by atoms with Crippen molar-refractivity contribution in [1.29, 1.82) is 0 Å². The van der Waals surface area contributed by atoms with Gasteiger partial charge in [0.05, 0.1) is 12.7 Å². The van der Waals surface area contributed by atoms with E-state index in [1.807, 2.05) is 0 Å². The van der Waals surface area contributed by atoms with Crippen LogP contribution in [0.5, 0.6) is 0 Å². The lowest BCUT2D eigenvalue weighted by molar-refractivity contribution is -0.113. The third kappa shape index (κ3) is 3.52. The first kappa shape index (κ1) is 13.6. The van der Waals surface area contributed by atoms with Gasteiger partial charge in [-0.1, -0.05) is 0 Å². The van der Waals surface area contributed by atoms with Gasteiger partial charge in [-0.25, -0.2) is 4.79 Å². The van der Waals surface area contributed by atoms with E-state index in [1.165, 1.54) is 19.2 Å². The van der Waals surface area contributed by atoms with Gasteiger partial charge in [-0.3, -0.25) is 14.3 Å². The molecule has 3 N–H and O–H groups in total. The maximum Gasteiger partial charge on any atom is 0.330 e. The van der Waals surface area contributed by atoms with Gasteiger partial charge in [-0.05, 0) is 13.8 Å². The summed E-state index contributed by atoms with van der Waals surface area (Å²) in [6.45, 7) is 2.69. The van der Waals surface area contributed by atoms with Crippen LogP contribution < -0.4 is 11.2 Å². The maximum atomic E-state index is 11.4. The van der Waals surface area contributed by atoms with Gasteiger partial charge in [-0.2, -0.15) is 0 Å². The van der Waals surface area contributed by atoms with Gasteiger partial charge in [0.15, 0.2) is 0 Å². The zero-order valence-electron chi connectivity index (χ0n) is 9.66. The van der Waals surface area contributed by atoms with Crippen molar-refractivity contribution in [2.24, 2.45) is 0 Å². The zero-order valence-corrected chi connectivity index (χ0v) is 9.66. The molecule has 7 nitrogen and oxygen atoms in total. The normalized spacial score (nSPS) is 16.5. The first-order valence-corrected chi connectivity index (χ1v) is 5.21. The van der Waals surface area contributed by atoms with Crippen LogP contribution in [-0.4, -0.2) is 38.6 Å². The molecule has 3 atom stereocenters. The molecule has 1 aromatic heterocycles. The molecule has 0 aromatic carbocycles. The van der Waals surface area contributed by atoms with Crippen LogP contribution in [0.15, 0.2) is 21.9 Å². The number of hydrogen-bond acceptors (Lipinski definition) is 5. The fourth-order valence-electron chi connectivity index (χ4n) is 1.34. The summed E-state index contributed by atoms with van der Waals surface area (Å²) in [5.41, 5.74) is -1.10. The van der Waals surface area contributed by atoms with Crippen molar-refractivity contribution < 1.29 is 14.9 Å². The number of aromatic amines is 1. The predicted molar refractivity (Wildman–Crippen MR) is 59.7 cm³/mol. The fourth-order valence-corrected chi connectivity index (χ4v) is 1.34. The Bertz CT molecular complexity index is 464. The van der Waals surface area contributed by atoms with Crippen molar-refractivity contribution in [2.75, 3.05) is 6.61 Å². The molecular formula is C10H16N2O5. The van der Waals surface area contributed by atoms with E-state index in [0.29, 0.717) is 0 Å². The molecule has 0 aliphatic carbocycles. The largest absolute Gasteiger partial charge is 0.394 e. The van der Waals surface area contributed by atoms with Gasteiger partial charge >= 0.3 is 5.69 Å². The van der Waals surface area contributed by atoms with Crippen molar-refractivity contribution in [2.45, 2.75) is 32.3 Å². The molecule has 0 fully saturated rings. The van der Waals surface area contributed by atoms with Crippen LogP contribution in [0.3, 0.4) is 0 Å². The van der Waals surface area contributed by atoms with E-state index in [4.69, 9.17) is 9.84 Å². The van der Waals surface area contributed by atoms with E-state index < -0.39 is 29.7 Å². The molecule has 0 bridgehead atoms. The molecule has 0 aliphatic rings. The highest BCUT2D eigenvalue weighted by Crippen LogP contribution is 2.09. The van der Waals surface area contributed by atoms with Crippen LogP contribution in [-0.2, 0) is 4.74 Å². The van der Waals surface area contributed by atoms with Gasteiger partial charge in [-0.15, -0.1) is 0 Å². The monoisotopic (exact) mass is 244 g/mol. The van der Waals surface area contributed by atoms with Crippen LogP contribution in [0, 0.1) is 0 Å². The van der Waals surface area contributed by atoms with E-state index >= 15 is 0 Å². The van der Waals surface area contributed by atoms with Crippen molar-refractivity contribution in [3.8, 4) is 0 Å². The summed E-state index contributed by atoms with van der Waals surface area (Å²) in [5.74, 6) is 0. The molecule has 0 saturated carbocycles. The van der Waals surface area contributed by atoms with Gasteiger partial charge < -0.3 is 14.9 Å². The SMILES string of the molecule is C[C@H](O)[C@@H](CO)O[C@H](C)n1ccc(=O)[nH]c1=O. The number of aliphatic hydroxyl groups excluding tert-OH is 2. The Labute approximate surface area is 97.3 Å². The van der Waals surface area contributed by atoms with Gasteiger partial charge in [0, 0.05) is 12.3 Å². The summed E-state index contributed by atoms with van der Waals surface area (Å²) in [6.07, 6.45) is -1.06. The number of aliphatic hydroxyl groups is 2. The molecule has 1 rings (SSSR count). The van der Waals surface area contributed by atoms with Crippen LogP contribution in [0.2, 0.25) is 0 Å². The van der Waals surface area contributed by atoms with Gasteiger partial charge in [0.25, 0.3) is 5.56 Å². The minimum absolute atomic E-state index is 0.361. The predicted octanol–water partition coefficient (Wildman–Crippen LogP) is -1.19. The highest BCUT2D eigenvalue weighted by Gasteiger charge is 2.19. The number of ether oxygens (including phenoxy) is 1. The molecule has 0 aliphatic heterocycles. The second-order valence-corrected chi connectivity index (χ2v) is 3.71. The van der Waals surface area contributed by atoms with E-state index in [2.05, 4.69) is 4.98 Å². The summed E-state index contributed by atoms with van der Waals surface area (Å²) >= 11 is 0. The van der Waals surface area contributed by atoms with E-state index in [9.17, 15) is 14.7 Å². The lowest BCUT2D eigenvalue weighted by Gasteiger charge is -2.23. The highest BCUT2D eigenvalue weighted by molar-refractivity contribution is 4.83. The van der Waals surface area contributed by atoms with Crippen LogP contribution >= 0.6 is 0 Å². The Morgan fingerprint density at radius 3 is 2.59 bits per heavy atom. The maximum absolute atomic E-state index is 11.4. The summed E-state index contributed by atoms with van der Waals surface area (Å²) < 4.78 is 6.47. The minimum Gasteiger partial charge on any atom is -0.394 e. The summed E-state index contributed by atoms with van der Waals surface area (Å²) in [4.78, 5) is 24.4. The summed E-state index contributed by atoms with van der Waals surface area (Å²) in [6, 6.07) is 1.19. The van der Waals surface area contributed by atoms with Crippen LogP contribution in [0.1, 0.15) is 20.1 Å². The van der Waals surface area contributed by atoms with E-state index in [-0.39, 0.29) is 6.61 Å². The van der Waals surface area contributed by atoms with E-state index in [0.717, 1.165) is 4.57 Å².